The smallest absolute Gasteiger partial charge is 0.267 e. The molecule has 2 aromatic carbocycles. The highest BCUT2D eigenvalue weighted by Gasteiger charge is 2.39. The lowest BCUT2D eigenvalue weighted by atomic mass is 9.97. The molecule has 31 heavy (non-hydrogen) atoms. The van der Waals surface area contributed by atoms with E-state index in [4.69, 9.17) is 21.9 Å². The van der Waals surface area contributed by atoms with Crippen LogP contribution in [0.3, 0.4) is 0 Å². The number of benzene rings is 2. The van der Waals surface area contributed by atoms with Gasteiger partial charge in [-0.1, -0.05) is 19.1 Å². The van der Waals surface area contributed by atoms with Crippen molar-refractivity contribution in [3.05, 3.63) is 64.5 Å². The van der Waals surface area contributed by atoms with Crippen LogP contribution in [-0.2, 0) is 4.79 Å². The Morgan fingerprint density at radius 3 is 2.77 bits per heavy atom. The molecule has 8 heteroatoms. The molecule has 3 aliphatic rings. The van der Waals surface area contributed by atoms with E-state index >= 15 is 0 Å². The Labute approximate surface area is 180 Å². The van der Waals surface area contributed by atoms with Gasteiger partial charge in [-0.15, -0.1) is 0 Å². The fraction of sp³-hybridized carbons (Fsp3) is 0.261. The maximum absolute atomic E-state index is 12.3. The molecule has 158 valence electrons. The predicted molar refractivity (Wildman–Crippen MR) is 123 cm³/mol. The summed E-state index contributed by atoms with van der Waals surface area (Å²) in [6.07, 6.45) is 3.67. The summed E-state index contributed by atoms with van der Waals surface area (Å²) in [6.45, 7) is 3.15. The third-order valence-corrected chi connectivity index (χ3v) is 6.29. The second-order valence-electron chi connectivity index (χ2n) is 8.67. The fourth-order valence-corrected chi connectivity index (χ4v) is 4.12. The summed E-state index contributed by atoms with van der Waals surface area (Å²) in [7, 11) is 0. The minimum Gasteiger partial charge on any atom is -0.398 e. The number of amidine groups is 1. The maximum Gasteiger partial charge on any atom is 0.267 e. The first-order valence-corrected chi connectivity index (χ1v) is 10.3. The molecule has 1 saturated carbocycles. The molecule has 1 atom stereocenters. The lowest BCUT2D eigenvalue weighted by Gasteiger charge is -2.25. The van der Waals surface area contributed by atoms with Crippen LogP contribution in [0.2, 0.25) is 0 Å². The second kappa shape index (κ2) is 6.87. The first-order chi connectivity index (χ1) is 14.9. The quantitative estimate of drug-likeness (QED) is 0.318. The number of carbonyl (C=O) groups is 1. The van der Waals surface area contributed by atoms with E-state index < -0.39 is 11.9 Å². The van der Waals surface area contributed by atoms with Crippen LogP contribution >= 0.6 is 0 Å². The summed E-state index contributed by atoms with van der Waals surface area (Å²) < 4.78 is 0. The number of nitrogen functional groups attached to an aromatic ring is 1. The van der Waals surface area contributed by atoms with Crippen molar-refractivity contribution in [1.29, 1.82) is 5.41 Å². The summed E-state index contributed by atoms with van der Waals surface area (Å²) in [5.74, 6) is -0.0207. The number of amides is 1. The number of nitrogens with two attached hydrogens (primary N) is 2. The van der Waals surface area contributed by atoms with Crippen LogP contribution in [0.4, 0.5) is 17.1 Å². The van der Waals surface area contributed by atoms with Crippen molar-refractivity contribution in [2.75, 3.05) is 22.9 Å². The Bertz CT molecular complexity index is 1180. The molecular formula is C23H25N7O. The number of rotatable bonds is 6. The molecule has 0 radical (unpaired) electrons. The monoisotopic (exact) mass is 415 g/mol. The molecule has 0 saturated heterocycles. The van der Waals surface area contributed by atoms with Crippen LogP contribution in [0.25, 0.3) is 0 Å². The molecule has 0 spiro atoms. The van der Waals surface area contributed by atoms with E-state index in [1.807, 2.05) is 30.3 Å². The van der Waals surface area contributed by atoms with Crippen molar-refractivity contribution >= 4 is 35.0 Å². The SMILES string of the molecule is CC1(CNc2ccccc2C2=NC3C(=C(C(N)=O)N2)Nc2ccc(N)c(C=N)c23)CC1. The summed E-state index contributed by atoms with van der Waals surface area (Å²) in [5.41, 5.74) is 17.5. The van der Waals surface area contributed by atoms with Gasteiger partial charge >= 0.3 is 0 Å². The van der Waals surface area contributed by atoms with E-state index in [9.17, 15) is 4.79 Å². The third-order valence-electron chi connectivity index (χ3n) is 6.29. The minimum atomic E-state index is -0.576. The lowest BCUT2D eigenvalue weighted by molar-refractivity contribution is -0.114. The van der Waals surface area contributed by atoms with E-state index in [0.717, 1.165) is 29.0 Å². The van der Waals surface area contributed by atoms with Gasteiger partial charge in [-0.25, -0.2) is 0 Å². The zero-order valence-corrected chi connectivity index (χ0v) is 17.3. The highest BCUT2D eigenvalue weighted by atomic mass is 16.1. The molecule has 0 bridgehead atoms. The average Bonchev–Trinajstić information content (AvgIpc) is 3.39. The van der Waals surface area contributed by atoms with Crippen molar-refractivity contribution in [2.24, 2.45) is 16.1 Å². The lowest BCUT2D eigenvalue weighted by Crippen LogP contribution is -2.38. The second-order valence-corrected chi connectivity index (χ2v) is 8.67. The molecule has 2 aliphatic heterocycles. The Balaban J connectivity index is 1.60. The predicted octanol–water partition coefficient (Wildman–Crippen LogP) is 2.69. The number of aliphatic imine (C=N–C) groups is 1. The Morgan fingerprint density at radius 2 is 2.06 bits per heavy atom. The Morgan fingerprint density at radius 1 is 1.29 bits per heavy atom. The molecule has 8 N–H and O–H groups in total. The maximum atomic E-state index is 12.3. The minimum absolute atomic E-state index is 0.268. The van der Waals surface area contributed by atoms with Gasteiger partial charge in [-0.05, 0) is 42.5 Å². The molecule has 1 amide bonds. The van der Waals surface area contributed by atoms with Crippen molar-refractivity contribution < 1.29 is 4.79 Å². The van der Waals surface area contributed by atoms with E-state index in [1.165, 1.54) is 19.1 Å². The largest absolute Gasteiger partial charge is 0.398 e. The van der Waals surface area contributed by atoms with Crippen LogP contribution < -0.4 is 27.4 Å². The number of hydrogen-bond donors (Lipinski definition) is 6. The van der Waals surface area contributed by atoms with Crippen molar-refractivity contribution in [3.63, 3.8) is 0 Å². The zero-order chi connectivity index (χ0) is 21.8. The summed E-state index contributed by atoms with van der Waals surface area (Å²) in [4.78, 5) is 17.3. The number of anilines is 3. The first-order valence-electron chi connectivity index (χ1n) is 10.3. The molecule has 8 nitrogen and oxygen atoms in total. The van der Waals surface area contributed by atoms with Crippen LogP contribution in [0.5, 0.6) is 0 Å². The number of hydrogen-bond acceptors (Lipinski definition) is 7. The average molecular weight is 416 g/mol. The zero-order valence-electron chi connectivity index (χ0n) is 17.3. The van der Waals surface area contributed by atoms with Gasteiger partial charge < -0.3 is 32.8 Å². The summed E-state index contributed by atoms with van der Waals surface area (Å²) >= 11 is 0. The third kappa shape index (κ3) is 3.20. The van der Waals surface area contributed by atoms with Crippen LogP contribution in [0.15, 0.2) is 52.8 Å². The van der Waals surface area contributed by atoms with Gasteiger partial charge in [-0.3, -0.25) is 9.79 Å². The number of para-hydroxylation sites is 1. The normalized spacial score (nSPS) is 20.0. The molecule has 1 fully saturated rings. The molecule has 1 unspecified atom stereocenters. The van der Waals surface area contributed by atoms with Gasteiger partial charge in [-0.2, -0.15) is 0 Å². The number of fused-ring (bicyclic) bond motifs is 3. The fourth-order valence-electron chi connectivity index (χ4n) is 4.12. The molecule has 5 rings (SSSR count). The van der Waals surface area contributed by atoms with Crippen LogP contribution in [0, 0.1) is 10.8 Å². The topological polar surface area (TPSA) is 141 Å². The number of primary amides is 1. The van der Waals surface area contributed by atoms with E-state index in [2.05, 4.69) is 22.9 Å². The van der Waals surface area contributed by atoms with Crippen LogP contribution in [0.1, 0.15) is 42.5 Å². The Hall–Kier alpha value is -3.81. The number of carbonyl (C=O) groups excluding carboxylic acids is 1. The van der Waals surface area contributed by atoms with Gasteiger partial charge in [0.1, 0.15) is 17.6 Å². The molecule has 2 aromatic rings. The van der Waals surface area contributed by atoms with Crippen molar-refractivity contribution in [2.45, 2.75) is 25.8 Å². The summed E-state index contributed by atoms with van der Waals surface area (Å²) in [6, 6.07) is 11.0. The van der Waals surface area contributed by atoms with E-state index in [1.54, 1.807) is 6.07 Å². The van der Waals surface area contributed by atoms with E-state index in [0.29, 0.717) is 28.2 Å². The Kier molecular flexibility index (Phi) is 4.25. The molecule has 1 aliphatic carbocycles. The first kappa shape index (κ1) is 19.2. The van der Waals surface area contributed by atoms with Gasteiger partial charge in [0.15, 0.2) is 0 Å². The van der Waals surface area contributed by atoms with Crippen molar-refractivity contribution in [3.8, 4) is 0 Å². The highest BCUT2D eigenvalue weighted by molar-refractivity contribution is 6.10. The summed E-state index contributed by atoms with van der Waals surface area (Å²) in [5, 5.41) is 17.8. The number of nitrogens with one attached hydrogen (secondary N) is 4. The standard InChI is InChI=1S/C23H25N7O/c1-23(8-9-23)11-27-15-5-3-2-4-12(15)22-29-18-17-13(10-24)14(25)6-7-16(17)28-19(18)20(30-22)21(26)31/h2-7,10,18,24,27-28H,8-9,11,25H2,1H3,(H2,26,31)(H,29,30). The van der Waals surface area contributed by atoms with Gasteiger partial charge in [0, 0.05) is 46.5 Å². The van der Waals surface area contributed by atoms with E-state index in [-0.39, 0.29) is 5.70 Å². The molecule has 0 aromatic heterocycles. The molecular weight excluding hydrogens is 390 g/mol. The molecule has 2 heterocycles. The van der Waals surface area contributed by atoms with Gasteiger partial charge in [0.2, 0.25) is 0 Å². The van der Waals surface area contributed by atoms with Gasteiger partial charge in [0.05, 0.1) is 5.70 Å². The number of nitrogens with zero attached hydrogens (tertiary/aromatic N) is 1. The van der Waals surface area contributed by atoms with Crippen LogP contribution in [-0.4, -0.2) is 24.5 Å². The highest BCUT2D eigenvalue weighted by Crippen LogP contribution is 2.46. The van der Waals surface area contributed by atoms with Gasteiger partial charge in [0.25, 0.3) is 5.91 Å². The van der Waals surface area contributed by atoms with Crippen molar-refractivity contribution in [1.82, 2.24) is 5.32 Å².